The van der Waals surface area contributed by atoms with Crippen molar-refractivity contribution in [2.24, 2.45) is 0 Å². The van der Waals surface area contributed by atoms with Gasteiger partial charge in [0, 0.05) is 12.0 Å². The molecule has 3 rings (SSSR count). The summed E-state index contributed by atoms with van der Waals surface area (Å²) in [6.45, 7) is 5.54. The molecule has 0 saturated carbocycles. The molecule has 1 N–H and O–H groups in total. The number of fused-ring (bicyclic) bond motifs is 1. The summed E-state index contributed by atoms with van der Waals surface area (Å²) in [4.78, 5) is 4.86. The van der Waals surface area contributed by atoms with Crippen LogP contribution in [-0.4, -0.2) is 17.6 Å². The predicted octanol–water partition coefficient (Wildman–Crippen LogP) is 3.46. The normalized spacial score (nSPS) is 25.3. The molecule has 1 fully saturated rings. The van der Waals surface area contributed by atoms with Gasteiger partial charge in [0.05, 0.1) is 15.2 Å². The molecule has 2 nitrogen and oxygen atoms in total. The summed E-state index contributed by atoms with van der Waals surface area (Å²) in [5.41, 5.74) is 2.51. The van der Waals surface area contributed by atoms with Gasteiger partial charge in [0.1, 0.15) is 0 Å². The van der Waals surface area contributed by atoms with Gasteiger partial charge < -0.3 is 5.32 Å². The summed E-state index contributed by atoms with van der Waals surface area (Å²) < 4.78 is 1.34. The van der Waals surface area contributed by atoms with Crippen LogP contribution in [0.1, 0.15) is 36.3 Å². The van der Waals surface area contributed by atoms with Crippen molar-refractivity contribution in [2.75, 3.05) is 6.54 Å². The van der Waals surface area contributed by atoms with E-state index in [9.17, 15) is 0 Å². The van der Waals surface area contributed by atoms with Crippen LogP contribution in [0.15, 0.2) is 18.2 Å². The zero-order valence-corrected chi connectivity index (χ0v) is 11.2. The molecule has 2 aromatic rings. The summed E-state index contributed by atoms with van der Waals surface area (Å²) in [6.07, 6.45) is 2.45. The molecular weight excluding hydrogens is 228 g/mol. The van der Waals surface area contributed by atoms with E-state index in [-0.39, 0.29) is 0 Å². The number of para-hydroxylation sites is 1. The molecule has 17 heavy (non-hydrogen) atoms. The minimum absolute atomic E-state index is 0.627. The number of piperidine rings is 1. The zero-order chi connectivity index (χ0) is 11.8. The number of thiazole rings is 1. The average molecular weight is 246 g/mol. The van der Waals surface area contributed by atoms with E-state index in [0.29, 0.717) is 12.0 Å². The van der Waals surface area contributed by atoms with Gasteiger partial charge in [-0.25, -0.2) is 4.98 Å². The van der Waals surface area contributed by atoms with Crippen molar-refractivity contribution in [1.82, 2.24) is 10.3 Å². The van der Waals surface area contributed by atoms with Gasteiger partial charge >= 0.3 is 0 Å². The van der Waals surface area contributed by atoms with Crippen LogP contribution < -0.4 is 5.32 Å². The first-order valence-corrected chi connectivity index (χ1v) is 7.15. The predicted molar refractivity (Wildman–Crippen MR) is 73.8 cm³/mol. The van der Waals surface area contributed by atoms with Crippen LogP contribution in [0.3, 0.4) is 0 Å². The fraction of sp³-hybridized carbons (Fsp3) is 0.500. The Bertz CT molecular complexity index is 532. The fourth-order valence-corrected chi connectivity index (χ4v) is 3.83. The number of aromatic nitrogens is 1. The molecule has 2 heterocycles. The number of rotatable bonds is 1. The van der Waals surface area contributed by atoms with Crippen LogP contribution in [0.2, 0.25) is 0 Å². The van der Waals surface area contributed by atoms with Gasteiger partial charge in [0.2, 0.25) is 0 Å². The van der Waals surface area contributed by atoms with Crippen molar-refractivity contribution >= 4 is 21.6 Å². The van der Waals surface area contributed by atoms with Gasteiger partial charge in [0.15, 0.2) is 0 Å². The molecule has 1 aliphatic heterocycles. The molecule has 0 bridgehead atoms. The van der Waals surface area contributed by atoms with E-state index in [1.54, 1.807) is 0 Å². The van der Waals surface area contributed by atoms with Gasteiger partial charge in [-0.05, 0) is 44.9 Å². The topological polar surface area (TPSA) is 24.9 Å². The van der Waals surface area contributed by atoms with E-state index in [1.165, 1.54) is 33.6 Å². The standard InChI is InChI=1S/C14H18N2S/c1-9-4-3-5-12-13(9)16-14(17-12)11-6-7-15-10(2)8-11/h3-5,10-11,15H,6-8H2,1-2H3. The highest BCUT2D eigenvalue weighted by molar-refractivity contribution is 7.18. The number of aryl methyl sites for hydroxylation is 1. The maximum absolute atomic E-state index is 4.86. The van der Waals surface area contributed by atoms with Crippen molar-refractivity contribution < 1.29 is 0 Å². The van der Waals surface area contributed by atoms with Crippen molar-refractivity contribution in [3.63, 3.8) is 0 Å². The van der Waals surface area contributed by atoms with Crippen LogP contribution in [0, 0.1) is 6.92 Å². The SMILES string of the molecule is Cc1cccc2sc(C3CCNC(C)C3)nc12. The molecule has 0 aliphatic carbocycles. The number of nitrogens with zero attached hydrogens (tertiary/aromatic N) is 1. The zero-order valence-electron chi connectivity index (χ0n) is 10.4. The van der Waals surface area contributed by atoms with E-state index >= 15 is 0 Å². The van der Waals surface area contributed by atoms with Crippen LogP contribution in [0.25, 0.3) is 10.2 Å². The Kier molecular flexibility index (Phi) is 2.89. The quantitative estimate of drug-likeness (QED) is 0.833. The van der Waals surface area contributed by atoms with Gasteiger partial charge in [-0.3, -0.25) is 0 Å². The monoisotopic (exact) mass is 246 g/mol. The molecule has 90 valence electrons. The second kappa shape index (κ2) is 4.39. The minimum atomic E-state index is 0.627. The van der Waals surface area contributed by atoms with Crippen LogP contribution in [-0.2, 0) is 0 Å². The number of hydrogen-bond acceptors (Lipinski definition) is 3. The number of nitrogens with one attached hydrogen (secondary N) is 1. The van der Waals surface area contributed by atoms with Gasteiger partial charge in [0.25, 0.3) is 0 Å². The second-order valence-electron chi connectivity index (χ2n) is 5.05. The molecule has 3 heteroatoms. The van der Waals surface area contributed by atoms with Crippen molar-refractivity contribution in [1.29, 1.82) is 0 Å². The summed E-state index contributed by atoms with van der Waals surface area (Å²) in [5.74, 6) is 0.656. The van der Waals surface area contributed by atoms with Crippen molar-refractivity contribution in [2.45, 2.75) is 38.6 Å². The Hall–Kier alpha value is -0.930. The largest absolute Gasteiger partial charge is 0.314 e. The molecule has 1 aliphatic rings. The molecule has 2 atom stereocenters. The van der Waals surface area contributed by atoms with Crippen LogP contribution in [0.5, 0.6) is 0 Å². The highest BCUT2D eigenvalue weighted by atomic mass is 32.1. The first kappa shape index (κ1) is 11.2. The minimum Gasteiger partial charge on any atom is -0.314 e. The van der Waals surface area contributed by atoms with Gasteiger partial charge in [-0.2, -0.15) is 0 Å². The lowest BCUT2D eigenvalue weighted by Gasteiger charge is -2.26. The molecule has 0 amide bonds. The summed E-state index contributed by atoms with van der Waals surface area (Å²) in [6, 6.07) is 7.09. The average Bonchev–Trinajstić information content (AvgIpc) is 2.74. The van der Waals surface area contributed by atoms with Gasteiger partial charge in [-0.1, -0.05) is 12.1 Å². The Morgan fingerprint density at radius 2 is 2.29 bits per heavy atom. The maximum atomic E-state index is 4.86. The molecule has 0 spiro atoms. The highest BCUT2D eigenvalue weighted by Gasteiger charge is 2.22. The Balaban J connectivity index is 1.97. The first-order valence-electron chi connectivity index (χ1n) is 6.33. The molecule has 1 aromatic heterocycles. The van der Waals surface area contributed by atoms with Crippen molar-refractivity contribution in [3.05, 3.63) is 28.8 Å². The molecular formula is C14H18N2S. The van der Waals surface area contributed by atoms with E-state index in [2.05, 4.69) is 37.4 Å². The third-order valence-corrected chi connectivity index (χ3v) is 4.79. The Morgan fingerprint density at radius 1 is 1.41 bits per heavy atom. The third-order valence-electron chi connectivity index (χ3n) is 3.61. The van der Waals surface area contributed by atoms with E-state index in [0.717, 1.165) is 6.54 Å². The fourth-order valence-electron chi connectivity index (χ4n) is 2.63. The lowest BCUT2D eigenvalue weighted by molar-refractivity contribution is 0.381. The first-order chi connectivity index (χ1) is 8.24. The molecule has 1 saturated heterocycles. The summed E-state index contributed by atoms with van der Waals surface area (Å²) in [5, 5.41) is 4.84. The number of hydrogen-bond donors (Lipinski definition) is 1. The Labute approximate surface area is 106 Å². The lowest BCUT2D eigenvalue weighted by atomic mass is 9.94. The van der Waals surface area contributed by atoms with Crippen molar-refractivity contribution in [3.8, 4) is 0 Å². The smallest absolute Gasteiger partial charge is 0.0970 e. The van der Waals surface area contributed by atoms with Crippen LogP contribution in [0.4, 0.5) is 0 Å². The molecule has 1 aromatic carbocycles. The maximum Gasteiger partial charge on any atom is 0.0970 e. The van der Waals surface area contributed by atoms with Crippen LogP contribution >= 0.6 is 11.3 Å². The number of benzene rings is 1. The summed E-state index contributed by atoms with van der Waals surface area (Å²) >= 11 is 1.88. The highest BCUT2D eigenvalue weighted by Crippen LogP contribution is 2.34. The van der Waals surface area contributed by atoms with E-state index in [4.69, 9.17) is 4.98 Å². The summed E-state index contributed by atoms with van der Waals surface area (Å²) in [7, 11) is 0. The van der Waals surface area contributed by atoms with E-state index in [1.807, 2.05) is 11.3 Å². The molecule has 2 unspecified atom stereocenters. The second-order valence-corrected chi connectivity index (χ2v) is 6.11. The lowest BCUT2D eigenvalue weighted by Crippen LogP contribution is -2.34. The third kappa shape index (κ3) is 2.09. The van der Waals surface area contributed by atoms with Gasteiger partial charge in [-0.15, -0.1) is 11.3 Å². The van der Waals surface area contributed by atoms with E-state index < -0.39 is 0 Å². The molecule has 0 radical (unpaired) electrons. The Morgan fingerprint density at radius 3 is 3.06 bits per heavy atom.